The van der Waals surface area contributed by atoms with Crippen LogP contribution in [0, 0.1) is 12.1 Å². The van der Waals surface area contributed by atoms with Crippen molar-refractivity contribution in [2.75, 3.05) is 0 Å². The molecule has 0 unspecified atom stereocenters. The number of pyridine rings is 3. The molecule has 0 fully saturated rings. The quantitative estimate of drug-likeness (QED) is 0.129. The second-order valence-corrected chi connectivity index (χ2v) is 19.7. The number of benzene rings is 4. The van der Waals surface area contributed by atoms with E-state index in [1.165, 1.54) is 31.9 Å². The van der Waals surface area contributed by atoms with E-state index in [0.717, 1.165) is 39.0 Å². The van der Waals surface area contributed by atoms with Gasteiger partial charge in [-0.05, 0) is 74.5 Å². The molecule has 5 heterocycles. The third-order valence-electron chi connectivity index (χ3n) is 10.6. The molecule has 9 rings (SSSR count). The van der Waals surface area contributed by atoms with Crippen molar-refractivity contribution in [3.8, 4) is 28.6 Å². The largest absolute Gasteiger partial charge is 2.00 e. The van der Waals surface area contributed by atoms with Crippen LogP contribution < -0.4 is 25.5 Å². The molecule has 8 aromatic rings. The second kappa shape index (κ2) is 13.3. The summed E-state index contributed by atoms with van der Waals surface area (Å²) in [6, 6.07) is 48.4. The summed E-state index contributed by atoms with van der Waals surface area (Å²) in [7, 11) is -2.79. The van der Waals surface area contributed by atoms with Crippen molar-refractivity contribution in [2.24, 2.45) is 0 Å². The molecule has 0 radical (unpaired) electrons. The molecule has 54 heavy (non-hydrogen) atoms. The fourth-order valence-corrected chi connectivity index (χ4v) is 13.6. The van der Waals surface area contributed by atoms with E-state index in [1.807, 2.05) is 24.5 Å². The van der Waals surface area contributed by atoms with E-state index in [-0.39, 0.29) is 31.9 Å². The van der Waals surface area contributed by atoms with Crippen LogP contribution in [-0.2, 0) is 31.9 Å². The molecule has 7 heteroatoms. The van der Waals surface area contributed by atoms with Crippen molar-refractivity contribution in [1.82, 2.24) is 19.5 Å². The van der Waals surface area contributed by atoms with Gasteiger partial charge in [0.25, 0.3) is 0 Å². The fraction of sp³-hybridized carbons (Fsp3) is 0.170. The first kappa shape index (κ1) is 35.8. The summed E-state index contributed by atoms with van der Waals surface area (Å²) in [5.74, 6) is 1.92. The minimum Gasteiger partial charge on any atom is -0.501 e. The molecule has 0 aliphatic carbocycles. The van der Waals surface area contributed by atoms with Crippen LogP contribution >= 0.6 is 0 Å². The molecule has 0 amide bonds. The zero-order valence-electron chi connectivity index (χ0n) is 31.2. The standard InChI is InChI=1S/C47H40N4OSi.Pt/c1-46(2,3)31-23-25-48-42(27-31)51-39-20-14-13-19-36(39)43-40(51)29-33(30-50-43)52-32-21-22-41-37(28-32)44-45(38(24-26-49-44)47(4,5)6)53(41,34-15-9-7-10-16-34)35-17-11-8-12-18-35;/h7-27,30H,1-6H3;/q-2;+2. The van der Waals surface area contributed by atoms with E-state index in [1.54, 1.807) is 6.20 Å². The SMILES string of the molecule is CC(C)(C)c1ccnc(-n2c3[c-]c(Oc4[c-]c5c(cc4)[Si](c4ccccc4)(c4ccccc4)c4c(C(C)(C)C)ccnc4-5)cnc3c3ccccc32)c1.[Pt+2]. The first-order valence-electron chi connectivity index (χ1n) is 18.2. The Kier molecular flexibility index (Phi) is 8.83. The fourth-order valence-electron chi connectivity index (χ4n) is 8.12. The molecule has 1 aliphatic rings. The smallest absolute Gasteiger partial charge is 0.501 e. The summed E-state index contributed by atoms with van der Waals surface area (Å²) in [6.07, 6.45) is 5.60. The molecule has 0 saturated heterocycles. The van der Waals surface area contributed by atoms with Crippen molar-refractivity contribution in [3.63, 3.8) is 0 Å². The molecule has 0 spiro atoms. The molecular formula is C47H40N4OPtSi. The van der Waals surface area contributed by atoms with Gasteiger partial charge in [-0.2, -0.15) is 0 Å². The van der Waals surface area contributed by atoms with Crippen LogP contribution in [0.2, 0.25) is 0 Å². The molecule has 5 nitrogen and oxygen atoms in total. The third kappa shape index (κ3) is 5.66. The maximum atomic E-state index is 6.65. The maximum Gasteiger partial charge on any atom is 2.00 e. The zero-order chi connectivity index (χ0) is 36.5. The normalized spacial score (nSPS) is 13.4. The molecule has 268 valence electrons. The van der Waals surface area contributed by atoms with Crippen LogP contribution in [0.15, 0.2) is 134 Å². The van der Waals surface area contributed by atoms with Gasteiger partial charge in [-0.3, -0.25) is 0 Å². The average Bonchev–Trinajstić information content (AvgIpc) is 3.65. The van der Waals surface area contributed by atoms with E-state index in [0.29, 0.717) is 11.5 Å². The van der Waals surface area contributed by atoms with Crippen LogP contribution in [0.4, 0.5) is 0 Å². The first-order valence-corrected chi connectivity index (χ1v) is 20.2. The van der Waals surface area contributed by atoms with Crippen molar-refractivity contribution in [1.29, 1.82) is 0 Å². The number of para-hydroxylation sites is 1. The van der Waals surface area contributed by atoms with E-state index in [4.69, 9.17) is 19.7 Å². The van der Waals surface area contributed by atoms with Gasteiger partial charge in [0.1, 0.15) is 13.9 Å². The van der Waals surface area contributed by atoms with Crippen molar-refractivity contribution >= 4 is 50.8 Å². The molecule has 0 atom stereocenters. The Bertz CT molecular complexity index is 2640. The monoisotopic (exact) mass is 899 g/mol. The van der Waals surface area contributed by atoms with Gasteiger partial charge in [-0.25, -0.2) is 4.98 Å². The molecule has 0 saturated carbocycles. The Balaban J connectivity index is 0.00000413. The molecule has 1 aliphatic heterocycles. The summed E-state index contributed by atoms with van der Waals surface area (Å²) in [6.45, 7) is 13.5. The molecule has 0 N–H and O–H groups in total. The van der Waals surface area contributed by atoms with Crippen LogP contribution in [0.1, 0.15) is 52.7 Å². The minimum absolute atomic E-state index is 0. The maximum absolute atomic E-state index is 6.65. The summed E-state index contributed by atoms with van der Waals surface area (Å²) in [4.78, 5) is 14.9. The van der Waals surface area contributed by atoms with Crippen LogP contribution in [-0.4, -0.2) is 27.6 Å². The van der Waals surface area contributed by atoms with E-state index >= 15 is 0 Å². The summed E-state index contributed by atoms with van der Waals surface area (Å²) in [5, 5.41) is 6.29. The molecule has 0 bridgehead atoms. The van der Waals surface area contributed by atoms with Gasteiger partial charge < -0.3 is 19.3 Å². The zero-order valence-corrected chi connectivity index (χ0v) is 34.5. The first-order chi connectivity index (χ1) is 25.5. The van der Waals surface area contributed by atoms with Crippen LogP contribution in [0.3, 0.4) is 0 Å². The number of rotatable bonds is 5. The van der Waals surface area contributed by atoms with Gasteiger partial charge in [0, 0.05) is 29.4 Å². The van der Waals surface area contributed by atoms with Gasteiger partial charge in [0.2, 0.25) is 0 Å². The molecule has 4 aromatic carbocycles. The van der Waals surface area contributed by atoms with E-state index in [2.05, 4.69) is 161 Å². The predicted molar refractivity (Wildman–Crippen MR) is 218 cm³/mol. The van der Waals surface area contributed by atoms with Gasteiger partial charge in [0.15, 0.2) is 0 Å². The van der Waals surface area contributed by atoms with Crippen molar-refractivity contribution in [3.05, 3.63) is 157 Å². The van der Waals surface area contributed by atoms with Gasteiger partial charge in [0.05, 0.1) is 0 Å². The van der Waals surface area contributed by atoms with Gasteiger partial charge >= 0.3 is 21.1 Å². The average molecular weight is 900 g/mol. The predicted octanol–water partition coefficient (Wildman–Crippen LogP) is 8.31. The second-order valence-electron chi connectivity index (χ2n) is 16.0. The number of hydrogen-bond acceptors (Lipinski definition) is 4. The number of hydrogen-bond donors (Lipinski definition) is 0. The topological polar surface area (TPSA) is 52.8 Å². The summed E-state index contributed by atoms with van der Waals surface area (Å²) >= 11 is 0. The van der Waals surface area contributed by atoms with Gasteiger partial charge in [-0.15, -0.1) is 28.9 Å². The minimum atomic E-state index is -2.79. The Morgan fingerprint density at radius 3 is 2.00 bits per heavy atom. The Morgan fingerprint density at radius 2 is 1.31 bits per heavy atom. The summed E-state index contributed by atoms with van der Waals surface area (Å²) in [5.41, 5.74) is 7.04. The number of aromatic nitrogens is 4. The van der Waals surface area contributed by atoms with Crippen LogP contribution in [0.25, 0.3) is 39.0 Å². The van der Waals surface area contributed by atoms with Gasteiger partial charge in [-0.1, -0.05) is 142 Å². The summed E-state index contributed by atoms with van der Waals surface area (Å²) < 4.78 is 8.79. The van der Waals surface area contributed by atoms with Crippen molar-refractivity contribution < 1.29 is 25.8 Å². The van der Waals surface area contributed by atoms with E-state index in [9.17, 15) is 0 Å². The molecular weight excluding hydrogens is 860 g/mol. The van der Waals surface area contributed by atoms with Crippen LogP contribution in [0.5, 0.6) is 11.5 Å². The Labute approximate surface area is 332 Å². The van der Waals surface area contributed by atoms with Crippen molar-refractivity contribution in [2.45, 2.75) is 52.4 Å². The molecule has 4 aromatic heterocycles. The number of fused-ring (bicyclic) bond motifs is 6. The van der Waals surface area contributed by atoms with E-state index < -0.39 is 8.07 Å². The number of ether oxygens (including phenoxy) is 1. The number of nitrogens with zero attached hydrogens (tertiary/aromatic N) is 4. The third-order valence-corrected chi connectivity index (χ3v) is 15.4. The Hall–Kier alpha value is -5.16. The Morgan fingerprint density at radius 1 is 0.648 bits per heavy atom.